The Morgan fingerprint density at radius 2 is 1.86 bits per heavy atom. The molecule has 0 saturated heterocycles. The maximum absolute atomic E-state index is 11.7. The summed E-state index contributed by atoms with van der Waals surface area (Å²) in [7, 11) is 0. The van der Waals surface area contributed by atoms with E-state index in [4.69, 9.17) is 4.74 Å². The molecule has 2 nitrogen and oxygen atoms in total. The van der Waals surface area contributed by atoms with E-state index in [9.17, 15) is 4.79 Å². The summed E-state index contributed by atoms with van der Waals surface area (Å²) in [5.74, 6) is 0.676. The summed E-state index contributed by atoms with van der Waals surface area (Å²) in [6.45, 7) is 2.07. The Morgan fingerprint density at radius 1 is 1.19 bits per heavy atom. The summed E-state index contributed by atoms with van der Waals surface area (Å²) in [6.07, 6.45) is 0.873. The third kappa shape index (κ3) is 4.90. The normalized spacial score (nSPS) is 12.0. The smallest absolute Gasteiger partial charge is 0.226 e. The Kier molecular flexibility index (Phi) is 5.88. The number of thiol groups is 1. The molecule has 1 atom stereocenters. The average Bonchev–Trinajstić information content (AvgIpc) is 2.46. The zero-order valence-corrected chi connectivity index (χ0v) is 14.2. The van der Waals surface area contributed by atoms with E-state index in [0.717, 1.165) is 10.9 Å². The lowest BCUT2D eigenvalue weighted by atomic mass is 10.0. The number of hydrogen-bond acceptors (Lipinski definition) is 2. The van der Waals surface area contributed by atoms with E-state index in [1.54, 1.807) is 0 Å². The van der Waals surface area contributed by atoms with Crippen LogP contribution in [0.3, 0.4) is 0 Å². The number of aryl methyl sites for hydroxylation is 2. The van der Waals surface area contributed by atoms with Gasteiger partial charge < -0.3 is 4.74 Å². The minimum Gasteiger partial charge on any atom is -0.482 e. The van der Waals surface area contributed by atoms with Crippen LogP contribution in [0.25, 0.3) is 0 Å². The molecule has 0 amide bonds. The fourth-order valence-electron chi connectivity index (χ4n) is 2.09. The van der Waals surface area contributed by atoms with Crippen molar-refractivity contribution in [1.82, 2.24) is 0 Å². The Labute approximate surface area is 139 Å². The van der Waals surface area contributed by atoms with Crippen molar-refractivity contribution in [1.29, 1.82) is 0 Å². The first-order valence-electron chi connectivity index (χ1n) is 6.76. The van der Waals surface area contributed by atoms with Gasteiger partial charge in [-0.3, -0.25) is 4.79 Å². The van der Waals surface area contributed by atoms with Crippen molar-refractivity contribution in [3.63, 3.8) is 0 Å². The second-order valence-corrected chi connectivity index (χ2v) is 6.22. The number of ether oxygens (including phenoxy) is 1. The summed E-state index contributed by atoms with van der Waals surface area (Å²) < 4.78 is 6.72. The van der Waals surface area contributed by atoms with Gasteiger partial charge in [0.05, 0.1) is 0 Å². The van der Waals surface area contributed by atoms with Gasteiger partial charge in [-0.05, 0) is 55.2 Å². The molecule has 0 saturated carbocycles. The molecule has 2 aromatic carbocycles. The molecule has 0 aliphatic heterocycles. The van der Waals surface area contributed by atoms with Crippen molar-refractivity contribution >= 4 is 33.7 Å². The molecule has 0 radical (unpaired) electrons. The Bertz CT molecular complexity index is 610. The van der Waals surface area contributed by atoms with Crippen LogP contribution in [0.1, 0.15) is 17.5 Å². The second-order valence-electron chi connectivity index (χ2n) is 4.86. The first-order valence-corrected chi connectivity index (χ1v) is 8.00. The quantitative estimate of drug-likeness (QED) is 0.758. The maximum atomic E-state index is 11.7. The molecule has 110 valence electrons. The van der Waals surface area contributed by atoms with Crippen LogP contribution in [0.15, 0.2) is 53.0 Å². The van der Waals surface area contributed by atoms with Crippen molar-refractivity contribution in [2.45, 2.75) is 25.9 Å². The lowest BCUT2D eigenvalue weighted by Gasteiger charge is -2.16. The minimum absolute atomic E-state index is 0.244. The van der Waals surface area contributed by atoms with E-state index in [1.807, 2.05) is 36.4 Å². The topological polar surface area (TPSA) is 26.3 Å². The first-order chi connectivity index (χ1) is 10.1. The van der Waals surface area contributed by atoms with E-state index in [1.165, 1.54) is 11.1 Å². The lowest BCUT2D eigenvalue weighted by Crippen LogP contribution is -2.24. The summed E-state index contributed by atoms with van der Waals surface area (Å²) in [6, 6.07) is 15.6. The Balaban J connectivity index is 2.01. The monoisotopic (exact) mass is 364 g/mol. The van der Waals surface area contributed by atoms with Crippen LogP contribution in [-0.4, -0.2) is 11.2 Å². The largest absolute Gasteiger partial charge is 0.482 e. The number of halogens is 1. The number of benzene rings is 2. The molecule has 2 aromatic rings. The van der Waals surface area contributed by atoms with Crippen LogP contribution in [0, 0.1) is 6.92 Å². The lowest BCUT2D eigenvalue weighted by molar-refractivity contribution is -0.117. The average molecular weight is 365 g/mol. The molecule has 21 heavy (non-hydrogen) atoms. The predicted octanol–water partition coefficient (Wildman–Crippen LogP) is 4.59. The highest BCUT2D eigenvalue weighted by atomic mass is 79.9. The molecular formula is C17H17BrO2S. The SMILES string of the molecule is Cc1ccccc1CCC(Oc1ccc(Br)cc1)C(=O)S. The first kappa shape index (κ1) is 16.1. The van der Waals surface area contributed by atoms with Crippen LogP contribution in [0.4, 0.5) is 0 Å². The predicted molar refractivity (Wildman–Crippen MR) is 92.1 cm³/mol. The number of carbonyl (C=O) groups excluding carboxylic acids is 1. The van der Waals surface area contributed by atoms with Crippen molar-refractivity contribution in [2.24, 2.45) is 0 Å². The van der Waals surface area contributed by atoms with Gasteiger partial charge in [0, 0.05) is 4.47 Å². The highest BCUT2D eigenvalue weighted by Gasteiger charge is 2.17. The van der Waals surface area contributed by atoms with Gasteiger partial charge in [0.25, 0.3) is 0 Å². The molecule has 2 rings (SSSR count). The van der Waals surface area contributed by atoms with E-state index < -0.39 is 6.10 Å². The van der Waals surface area contributed by atoms with Gasteiger partial charge in [-0.15, -0.1) is 12.6 Å². The summed E-state index contributed by atoms with van der Waals surface area (Å²) >= 11 is 7.32. The van der Waals surface area contributed by atoms with Gasteiger partial charge in [-0.2, -0.15) is 0 Å². The molecule has 0 bridgehead atoms. The van der Waals surface area contributed by atoms with E-state index in [2.05, 4.69) is 47.6 Å². The zero-order chi connectivity index (χ0) is 15.2. The third-order valence-electron chi connectivity index (χ3n) is 3.30. The minimum atomic E-state index is -0.533. The second kappa shape index (κ2) is 7.66. The molecule has 0 spiro atoms. The van der Waals surface area contributed by atoms with Gasteiger partial charge >= 0.3 is 0 Å². The summed E-state index contributed by atoms with van der Waals surface area (Å²) in [5.41, 5.74) is 2.46. The maximum Gasteiger partial charge on any atom is 0.226 e. The van der Waals surface area contributed by atoms with Crippen LogP contribution < -0.4 is 4.74 Å². The Hall–Kier alpha value is -1.26. The highest BCUT2D eigenvalue weighted by molar-refractivity contribution is 9.10. The fourth-order valence-corrected chi connectivity index (χ4v) is 2.53. The van der Waals surface area contributed by atoms with E-state index in [-0.39, 0.29) is 5.12 Å². The fraction of sp³-hybridized carbons (Fsp3) is 0.235. The molecule has 0 N–H and O–H groups in total. The van der Waals surface area contributed by atoms with Crippen LogP contribution in [-0.2, 0) is 11.2 Å². The van der Waals surface area contributed by atoms with Gasteiger partial charge in [-0.1, -0.05) is 40.2 Å². The number of hydrogen-bond donors (Lipinski definition) is 1. The van der Waals surface area contributed by atoms with Crippen LogP contribution >= 0.6 is 28.6 Å². The molecule has 0 aliphatic carbocycles. The molecular weight excluding hydrogens is 348 g/mol. The molecule has 0 fully saturated rings. The molecule has 1 unspecified atom stereocenters. The van der Waals surface area contributed by atoms with Crippen LogP contribution in [0.2, 0.25) is 0 Å². The summed E-state index contributed by atoms with van der Waals surface area (Å²) in [5, 5.41) is -0.244. The van der Waals surface area contributed by atoms with Gasteiger partial charge in [0.1, 0.15) is 5.75 Å². The molecule has 0 heterocycles. The van der Waals surface area contributed by atoms with E-state index >= 15 is 0 Å². The number of rotatable bonds is 6. The van der Waals surface area contributed by atoms with Crippen molar-refractivity contribution in [3.8, 4) is 5.75 Å². The van der Waals surface area contributed by atoms with Crippen molar-refractivity contribution in [2.75, 3.05) is 0 Å². The summed E-state index contributed by atoms with van der Waals surface area (Å²) in [4.78, 5) is 11.7. The third-order valence-corrected chi connectivity index (χ3v) is 4.12. The van der Waals surface area contributed by atoms with E-state index in [0.29, 0.717) is 12.2 Å². The van der Waals surface area contributed by atoms with Crippen LogP contribution in [0.5, 0.6) is 5.75 Å². The molecule has 0 aliphatic rings. The standard InChI is InChI=1S/C17H17BrO2S/c1-12-4-2-3-5-13(12)6-11-16(17(19)21)20-15-9-7-14(18)8-10-15/h2-5,7-10,16H,6,11H2,1H3,(H,19,21). The number of carbonyl (C=O) groups is 1. The van der Waals surface area contributed by atoms with Crippen molar-refractivity contribution in [3.05, 3.63) is 64.1 Å². The zero-order valence-electron chi connectivity index (χ0n) is 11.8. The van der Waals surface area contributed by atoms with Crippen molar-refractivity contribution < 1.29 is 9.53 Å². The van der Waals surface area contributed by atoms with Gasteiger partial charge in [0.15, 0.2) is 6.10 Å². The Morgan fingerprint density at radius 3 is 2.48 bits per heavy atom. The molecule has 0 aromatic heterocycles. The van der Waals surface area contributed by atoms with Gasteiger partial charge in [-0.25, -0.2) is 0 Å². The van der Waals surface area contributed by atoms with Gasteiger partial charge in [0.2, 0.25) is 5.12 Å². The highest BCUT2D eigenvalue weighted by Crippen LogP contribution is 2.20. The molecule has 4 heteroatoms.